The maximum Gasteiger partial charge on any atom is 0.255 e. The lowest BCUT2D eigenvalue weighted by molar-refractivity contribution is -0.136. The zero-order valence-electron chi connectivity index (χ0n) is 19.4. The number of amides is 3. The summed E-state index contributed by atoms with van der Waals surface area (Å²) < 4.78 is 21.8. The second kappa shape index (κ2) is 14.5. The fraction of sp³-hybridized carbons (Fsp3) is 0.625. The number of alkyl halides is 1. The molecule has 1 aromatic carbocycles. The Kier molecular flexibility index (Phi) is 11.4. The van der Waals surface area contributed by atoms with E-state index in [1.807, 2.05) is 12.1 Å². The number of nitrogens with zero attached hydrogens (tertiary/aromatic N) is 1. The number of benzene rings is 1. The molecule has 0 aromatic heterocycles. The van der Waals surface area contributed by atoms with Crippen molar-refractivity contribution in [3.63, 3.8) is 0 Å². The molecule has 0 saturated carbocycles. The Balaban J connectivity index is 1.30. The van der Waals surface area contributed by atoms with E-state index in [9.17, 15) is 14.4 Å². The van der Waals surface area contributed by atoms with E-state index in [0.717, 1.165) is 29.3 Å². The Morgan fingerprint density at radius 1 is 0.912 bits per heavy atom. The van der Waals surface area contributed by atoms with Crippen LogP contribution in [0.5, 0.6) is 0 Å². The third-order valence-corrected chi connectivity index (χ3v) is 6.08. The third-order valence-electron chi connectivity index (χ3n) is 5.75. The highest BCUT2D eigenvalue weighted by molar-refractivity contribution is 9.09. The highest BCUT2D eigenvalue weighted by Gasteiger charge is 2.39. The molecule has 2 heterocycles. The van der Waals surface area contributed by atoms with E-state index >= 15 is 0 Å². The zero-order chi connectivity index (χ0) is 24.2. The first-order chi connectivity index (χ1) is 16.6. The number of aryl methyl sites for hydroxylation is 1. The average Bonchev–Trinajstić information content (AvgIpc) is 3.16. The normalized spacial score (nSPS) is 17.9. The minimum Gasteiger partial charge on any atom is -0.379 e. The number of piperidine rings is 1. The van der Waals surface area contributed by atoms with Crippen molar-refractivity contribution in [2.75, 3.05) is 58.2 Å². The molecule has 3 rings (SSSR count). The average molecular weight is 541 g/mol. The van der Waals surface area contributed by atoms with Gasteiger partial charge in [0.05, 0.1) is 46.2 Å². The SMILES string of the molecule is O=C1CCC(N2Cc3c(CCCOCCOCCOCCOCCBr)cccc3C2=O)C(=O)N1. The molecule has 10 heteroatoms. The van der Waals surface area contributed by atoms with E-state index in [4.69, 9.17) is 18.9 Å². The molecule has 2 aliphatic heterocycles. The summed E-state index contributed by atoms with van der Waals surface area (Å²) in [6, 6.07) is 5.12. The quantitative estimate of drug-likeness (QED) is 0.194. The third kappa shape index (κ3) is 7.84. The van der Waals surface area contributed by atoms with Crippen LogP contribution < -0.4 is 5.32 Å². The predicted octanol–water partition coefficient (Wildman–Crippen LogP) is 1.84. The number of carbonyl (C=O) groups excluding carboxylic acids is 3. The molecule has 188 valence electrons. The molecule has 0 spiro atoms. The van der Waals surface area contributed by atoms with Crippen molar-refractivity contribution in [1.29, 1.82) is 0 Å². The topological polar surface area (TPSA) is 103 Å². The molecule has 0 radical (unpaired) electrons. The predicted molar refractivity (Wildman–Crippen MR) is 128 cm³/mol. The Hall–Kier alpha value is -1.85. The van der Waals surface area contributed by atoms with E-state index in [2.05, 4.69) is 21.2 Å². The van der Waals surface area contributed by atoms with Crippen LogP contribution >= 0.6 is 15.9 Å². The summed E-state index contributed by atoms with van der Waals surface area (Å²) in [6.07, 6.45) is 2.23. The Morgan fingerprint density at radius 2 is 1.56 bits per heavy atom. The van der Waals surface area contributed by atoms with Crippen molar-refractivity contribution < 1.29 is 33.3 Å². The fourth-order valence-electron chi connectivity index (χ4n) is 4.07. The first-order valence-electron chi connectivity index (χ1n) is 11.7. The summed E-state index contributed by atoms with van der Waals surface area (Å²) in [6.45, 7) is 4.91. The van der Waals surface area contributed by atoms with Crippen LogP contribution in [-0.2, 0) is 41.5 Å². The van der Waals surface area contributed by atoms with Gasteiger partial charge in [0, 0.05) is 30.5 Å². The molecule has 0 aliphatic carbocycles. The van der Waals surface area contributed by atoms with Crippen LogP contribution in [0.2, 0.25) is 0 Å². The second-order valence-corrected chi connectivity index (χ2v) is 8.88. The molecule has 1 aromatic rings. The van der Waals surface area contributed by atoms with Crippen molar-refractivity contribution in [1.82, 2.24) is 10.2 Å². The highest BCUT2D eigenvalue weighted by Crippen LogP contribution is 2.30. The Morgan fingerprint density at radius 3 is 2.21 bits per heavy atom. The molecule has 3 amide bonds. The van der Waals surface area contributed by atoms with Gasteiger partial charge in [-0.05, 0) is 36.5 Å². The van der Waals surface area contributed by atoms with Crippen LogP contribution in [-0.4, -0.2) is 86.8 Å². The number of ether oxygens (including phenoxy) is 4. The summed E-state index contributed by atoms with van der Waals surface area (Å²) in [5.74, 6) is -0.813. The van der Waals surface area contributed by atoms with Crippen molar-refractivity contribution in [2.24, 2.45) is 0 Å². The van der Waals surface area contributed by atoms with Gasteiger partial charge in [0.2, 0.25) is 11.8 Å². The number of hydrogen-bond donors (Lipinski definition) is 1. The summed E-state index contributed by atoms with van der Waals surface area (Å²) in [4.78, 5) is 38.1. The standard InChI is InChI=1S/C24H33BrN2O7/c25-8-10-32-12-14-34-16-15-33-13-11-31-9-2-4-18-3-1-5-19-20(18)17-27(24(19)30)21-6-7-22(28)26-23(21)29/h1,3,5,21H,2,4,6-17H2,(H,26,28,29). The van der Waals surface area contributed by atoms with Crippen molar-refractivity contribution >= 4 is 33.7 Å². The lowest BCUT2D eigenvalue weighted by atomic mass is 10.00. The van der Waals surface area contributed by atoms with E-state index in [1.165, 1.54) is 0 Å². The monoisotopic (exact) mass is 540 g/mol. The lowest BCUT2D eigenvalue weighted by Gasteiger charge is -2.29. The van der Waals surface area contributed by atoms with Gasteiger partial charge in [0.1, 0.15) is 6.04 Å². The minimum absolute atomic E-state index is 0.143. The maximum absolute atomic E-state index is 12.9. The Bertz CT molecular complexity index is 836. The Labute approximate surface area is 208 Å². The van der Waals surface area contributed by atoms with Crippen molar-refractivity contribution in [2.45, 2.75) is 38.3 Å². The first kappa shape index (κ1) is 26.7. The van der Waals surface area contributed by atoms with Gasteiger partial charge >= 0.3 is 0 Å². The number of imide groups is 1. The molecule has 1 unspecified atom stereocenters. The smallest absolute Gasteiger partial charge is 0.255 e. The molecule has 1 N–H and O–H groups in total. The van der Waals surface area contributed by atoms with Crippen LogP contribution in [0.1, 0.15) is 40.7 Å². The maximum atomic E-state index is 12.9. The van der Waals surface area contributed by atoms with Crippen LogP contribution in [0.4, 0.5) is 0 Å². The fourth-order valence-corrected chi connectivity index (χ4v) is 4.29. The number of halogens is 1. The zero-order valence-corrected chi connectivity index (χ0v) is 21.0. The summed E-state index contributed by atoms with van der Waals surface area (Å²) in [5, 5.41) is 3.16. The number of carbonyl (C=O) groups is 3. The molecule has 0 bridgehead atoms. The van der Waals surface area contributed by atoms with Gasteiger partial charge in [-0.2, -0.15) is 0 Å². The molecule has 1 atom stereocenters. The van der Waals surface area contributed by atoms with Gasteiger partial charge in [0.25, 0.3) is 5.91 Å². The highest BCUT2D eigenvalue weighted by atomic mass is 79.9. The summed E-state index contributed by atoms with van der Waals surface area (Å²) in [5.41, 5.74) is 2.71. The van der Waals surface area contributed by atoms with Crippen LogP contribution in [0, 0.1) is 0 Å². The van der Waals surface area contributed by atoms with E-state index in [1.54, 1.807) is 11.0 Å². The second-order valence-electron chi connectivity index (χ2n) is 8.09. The molecule has 9 nitrogen and oxygen atoms in total. The van der Waals surface area contributed by atoms with E-state index in [0.29, 0.717) is 71.4 Å². The number of nitrogens with one attached hydrogen (secondary N) is 1. The van der Waals surface area contributed by atoms with Crippen molar-refractivity contribution in [3.8, 4) is 0 Å². The summed E-state index contributed by atoms with van der Waals surface area (Å²) in [7, 11) is 0. The van der Waals surface area contributed by atoms with E-state index in [-0.39, 0.29) is 24.1 Å². The largest absolute Gasteiger partial charge is 0.379 e. The minimum atomic E-state index is -0.591. The van der Waals surface area contributed by atoms with Crippen LogP contribution in [0.25, 0.3) is 0 Å². The number of rotatable bonds is 16. The number of fused-ring (bicyclic) bond motifs is 1. The molecule has 1 fully saturated rings. The van der Waals surface area contributed by atoms with Crippen LogP contribution in [0.3, 0.4) is 0 Å². The van der Waals surface area contributed by atoms with Gasteiger partial charge in [-0.3, -0.25) is 19.7 Å². The molecule has 2 aliphatic rings. The number of hydrogen-bond acceptors (Lipinski definition) is 7. The first-order valence-corrected chi connectivity index (χ1v) is 12.9. The van der Waals surface area contributed by atoms with Gasteiger partial charge in [0.15, 0.2) is 0 Å². The summed E-state index contributed by atoms with van der Waals surface area (Å²) >= 11 is 3.30. The van der Waals surface area contributed by atoms with Gasteiger partial charge in [-0.15, -0.1) is 0 Å². The van der Waals surface area contributed by atoms with Crippen LogP contribution in [0.15, 0.2) is 18.2 Å². The van der Waals surface area contributed by atoms with Gasteiger partial charge in [-0.25, -0.2) is 0 Å². The van der Waals surface area contributed by atoms with Gasteiger partial charge < -0.3 is 23.8 Å². The molecular weight excluding hydrogens is 508 g/mol. The molecular formula is C24H33BrN2O7. The lowest BCUT2D eigenvalue weighted by Crippen LogP contribution is -2.52. The van der Waals surface area contributed by atoms with E-state index < -0.39 is 6.04 Å². The molecule has 1 saturated heterocycles. The molecule has 34 heavy (non-hydrogen) atoms. The van der Waals surface area contributed by atoms with Gasteiger partial charge in [-0.1, -0.05) is 28.1 Å². The van der Waals surface area contributed by atoms with Crippen molar-refractivity contribution in [3.05, 3.63) is 34.9 Å².